The standard InChI is InChI=1S/C16H18N4S2/c1-10(2)12-6-4-5-7-13(12)17-15-18-16(20-19-15)22-14-9-8-11(3)21-14/h4-10H,1-3H3,(H2,17,18,19,20). The summed E-state index contributed by atoms with van der Waals surface area (Å²) in [6.45, 7) is 6.46. The van der Waals surface area contributed by atoms with E-state index in [1.807, 2.05) is 6.07 Å². The molecule has 2 heterocycles. The Labute approximate surface area is 138 Å². The molecule has 2 aromatic heterocycles. The van der Waals surface area contributed by atoms with Crippen LogP contribution in [0.2, 0.25) is 0 Å². The molecule has 4 nitrogen and oxygen atoms in total. The molecule has 0 fully saturated rings. The molecule has 2 N–H and O–H groups in total. The van der Waals surface area contributed by atoms with Gasteiger partial charge in [0.25, 0.3) is 0 Å². The molecule has 0 atom stereocenters. The zero-order chi connectivity index (χ0) is 15.5. The zero-order valence-electron chi connectivity index (χ0n) is 12.8. The van der Waals surface area contributed by atoms with Crippen molar-refractivity contribution < 1.29 is 0 Å². The molecule has 0 bridgehead atoms. The number of thiophene rings is 1. The molecule has 0 saturated heterocycles. The second-order valence-electron chi connectivity index (χ2n) is 5.30. The van der Waals surface area contributed by atoms with E-state index in [2.05, 4.69) is 71.6 Å². The number of aromatic amines is 1. The smallest absolute Gasteiger partial charge is 0.247 e. The molecule has 0 aliphatic rings. The van der Waals surface area contributed by atoms with E-state index in [1.54, 1.807) is 23.1 Å². The van der Waals surface area contributed by atoms with Crippen molar-refractivity contribution in [3.63, 3.8) is 0 Å². The van der Waals surface area contributed by atoms with Crippen LogP contribution in [-0.4, -0.2) is 15.2 Å². The number of benzene rings is 1. The first-order valence-electron chi connectivity index (χ1n) is 7.14. The molecule has 3 rings (SSSR count). The maximum Gasteiger partial charge on any atom is 0.247 e. The van der Waals surface area contributed by atoms with Gasteiger partial charge in [-0.25, -0.2) is 0 Å². The number of para-hydroxylation sites is 1. The van der Waals surface area contributed by atoms with E-state index >= 15 is 0 Å². The van der Waals surface area contributed by atoms with Crippen LogP contribution in [0.1, 0.15) is 30.2 Å². The van der Waals surface area contributed by atoms with Crippen molar-refractivity contribution >= 4 is 34.7 Å². The van der Waals surface area contributed by atoms with Gasteiger partial charge >= 0.3 is 0 Å². The van der Waals surface area contributed by atoms with Crippen molar-refractivity contribution in [2.24, 2.45) is 0 Å². The van der Waals surface area contributed by atoms with Gasteiger partial charge in [0.2, 0.25) is 5.95 Å². The molecule has 0 aliphatic heterocycles. The van der Waals surface area contributed by atoms with Gasteiger partial charge in [-0.15, -0.1) is 16.4 Å². The molecule has 1 aromatic carbocycles. The summed E-state index contributed by atoms with van der Waals surface area (Å²) in [7, 11) is 0. The molecule has 6 heteroatoms. The highest BCUT2D eigenvalue weighted by Gasteiger charge is 2.10. The lowest BCUT2D eigenvalue weighted by molar-refractivity contribution is 0.868. The summed E-state index contributed by atoms with van der Waals surface area (Å²) >= 11 is 3.36. The molecule has 3 aromatic rings. The predicted molar refractivity (Wildman–Crippen MR) is 93.4 cm³/mol. The Morgan fingerprint density at radius 3 is 2.73 bits per heavy atom. The summed E-state index contributed by atoms with van der Waals surface area (Å²) in [6.07, 6.45) is 0. The number of anilines is 2. The summed E-state index contributed by atoms with van der Waals surface area (Å²) in [5.41, 5.74) is 2.32. The van der Waals surface area contributed by atoms with Gasteiger partial charge in [0, 0.05) is 10.6 Å². The summed E-state index contributed by atoms with van der Waals surface area (Å²) in [5.74, 6) is 1.05. The van der Waals surface area contributed by atoms with E-state index in [0.717, 1.165) is 10.8 Å². The lowest BCUT2D eigenvalue weighted by atomic mass is 10.0. The SMILES string of the molecule is Cc1ccc(Sc2nc(Nc3ccccc3C(C)C)n[nH]2)s1. The lowest BCUT2D eigenvalue weighted by Crippen LogP contribution is -1.98. The highest BCUT2D eigenvalue weighted by atomic mass is 32.2. The Hall–Kier alpha value is -1.79. The maximum atomic E-state index is 4.50. The summed E-state index contributed by atoms with van der Waals surface area (Å²) < 4.78 is 1.21. The number of H-pyrrole nitrogens is 1. The molecule has 0 spiro atoms. The van der Waals surface area contributed by atoms with Crippen LogP contribution in [0.4, 0.5) is 11.6 Å². The number of aromatic nitrogens is 3. The van der Waals surface area contributed by atoms with Crippen molar-refractivity contribution in [1.82, 2.24) is 15.2 Å². The largest absolute Gasteiger partial charge is 0.323 e. The molecule has 0 aliphatic carbocycles. The van der Waals surface area contributed by atoms with Crippen LogP contribution >= 0.6 is 23.1 Å². The minimum atomic E-state index is 0.450. The maximum absolute atomic E-state index is 4.50. The first-order chi connectivity index (χ1) is 10.6. The Balaban J connectivity index is 1.74. The van der Waals surface area contributed by atoms with Gasteiger partial charge in [0.05, 0.1) is 4.21 Å². The fourth-order valence-corrected chi connectivity index (χ4v) is 4.08. The lowest BCUT2D eigenvalue weighted by Gasteiger charge is -2.12. The van der Waals surface area contributed by atoms with Crippen LogP contribution in [-0.2, 0) is 0 Å². The van der Waals surface area contributed by atoms with Crippen LogP contribution in [0.5, 0.6) is 0 Å². The van der Waals surface area contributed by atoms with Crippen LogP contribution in [0.25, 0.3) is 0 Å². The quantitative estimate of drug-likeness (QED) is 0.675. The van der Waals surface area contributed by atoms with Gasteiger partial charge in [0.1, 0.15) is 0 Å². The number of hydrogen-bond acceptors (Lipinski definition) is 5. The monoisotopic (exact) mass is 330 g/mol. The Morgan fingerprint density at radius 2 is 2.00 bits per heavy atom. The average Bonchev–Trinajstić information content (AvgIpc) is 3.09. The topological polar surface area (TPSA) is 53.6 Å². The van der Waals surface area contributed by atoms with E-state index in [1.165, 1.54) is 14.6 Å². The highest BCUT2D eigenvalue weighted by molar-refractivity contribution is 8.01. The molecule has 0 radical (unpaired) electrons. The Bertz CT molecular complexity index is 761. The van der Waals surface area contributed by atoms with E-state index < -0.39 is 0 Å². The van der Waals surface area contributed by atoms with E-state index in [4.69, 9.17) is 0 Å². The number of aryl methyl sites for hydroxylation is 1. The van der Waals surface area contributed by atoms with Gasteiger partial charge in [-0.2, -0.15) is 4.98 Å². The minimum Gasteiger partial charge on any atom is -0.323 e. The van der Waals surface area contributed by atoms with Gasteiger partial charge in [-0.1, -0.05) is 32.0 Å². The average molecular weight is 330 g/mol. The van der Waals surface area contributed by atoms with Crippen LogP contribution in [0.15, 0.2) is 45.8 Å². The molecule has 22 heavy (non-hydrogen) atoms. The van der Waals surface area contributed by atoms with Crippen LogP contribution in [0, 0.1) is 6.92 Å². The normalized spacial score (nSPS) is 11.1. The van der Waals surface area contributed by atoms with E-state index in [9.17, 15) is 0 Å². The van der Waals surface area contributed by atoms with Gasteiger partial charge in [-0.05, 0) is 48.4 Å². The van der Waals surface area contributed by atoms with Gasteiger partial charge in [0.15, 0.2) is 5.16 Å². The molecule has 114 valence electrons. The molecule has 0 unspecified atom stereocenters. The van der Waals surface area contributed by atoms with Crippen molar-refractivity contribution in [2.75, 3.05) is 5.32 Å². The van der Waals surface area contributed by atoms with Gasteiger partial charge in [-0.3, -0.25) is 5.10 Å². The first-order valence-corrected chi connectivity index (χ1v) is 8.78. The third-order valence-corrected chi connectivity index (χ3v) is 5.22. The molecular formula is C16H18N4S2. The predicted octanol–water partition coefficient (Wildman–Crippen LogP) is 5.19. The molecular weight excluding hydrogens is 312 g/mol. The number of hydrogen-bond donors (Lipinski definition) is 2. The summed E-state index contributed by atoms with van der Waals surface area (Å²) in [5, 5.41) is 11.3. The van der Waals surface area contributed by atoms with Gasteiger partial charge < -0.3 is 5.32 Å². The van der Waals surface area contributed by atoms with E-state index in [-0.39, 0.29) is 0 Å². The van der Waals surface area contributed by atoms with Crippen LogP contribution < -0.4 is 5.32 Å². The van der Waals surface area contributed by atoms with E-state index in [0.29, 0.717) is 11.9 Å². The van der Waals surface area contributed by atoms with Crippen molar-refractivity contribution in [1.29, 1.82) is 0 Å². The zero-order valence-corrected chi connectivity index (χ0v) is 14.4. The Kier molecular flexibility index (Phi) is 4.49. The molecule has 0 saturated carbocycles. The fourth-order valence-electron chi connectivity index (χ4n) is 2.15. The molecule has 0 amide bonds. The first kappa shape index (κ1) is 15.1. The second kappa shape index (κ2) is 6.54. The number of nitrogens with one attached hydrogen (secondary N) is 2. The minimum absolute atomic E-state index is 0.450. The van der Waals surface area contributed by atoms with Crippen molar-refractivity contribution in [3.05, 3.63) is 46.8 Å². The fraction of sp³-hybridized carbons (Fsp3) is 0.250. The number of rotatable bonds is 5. The number of nitrogens with zero attached hydrogens (tertiary/aromatic N) is 2. The highest BCUT2D eigenvalue weighted by Crippen LogP contribution is 2.32. The van der Waals surface area contributed by atoms with Crippen molar-refractivity contribution in [2.45, 2.75) is 36.1 Å². The summed E-state index contributed by atoms with van der Waals surface area (Å²) in [4.78, 5) is 5.80. The Morgan fingerprint density at radius 1 is 1.18 bits per heavy atom. The summed E-state index contributed by atoms with van der Waals surface area (Å²) in [6, 6.07) is 12.5. The van der Waals surface area contributed by atoms with Crippen molar-refractivity contribution in [3.8, 4) is 0 Å². The second-order valence-corrected chi connectivity index (χ2v) is 7.88. The van der Waals surface area contributed by atoms with Crippen LogP contribution in [0.3, 0.4) is 0 Å². The third-order valence-electron chi connectivity index (χ3n) is 3.21. The third kappa shape index (κ3) is 3.51.